The van der Waals surface area contributed by atoms with Crippen LogP contribution in [0.5, 0.6) is 0 Å². The lowest BCUT2D eigenvalue weighted by molar-refractivity contribution is -0.123. The fourth-order valence-corrected chi connectivity index (χ4v) is 2.32. The average Bonchev–Trinajstić information content (AvgIpc) is 2.23. The minimum Gasteiger partial charge on any atom is -0.352 e. The highest BCUT2D eigenvalue weighted by molar-refractivity contribution is 5.81. The average molecular weight is 240 g/mol. The van der Waals surface area contributed by atoms with E-state index in [0.29, 0.717) is 5.41 Å². The molecule has 100 valence electrons. The van der Waals surface area contributed by atoms with Crippen LogP contribution in [0.3, 0.4) is 0 Å². The van der Waals surface area contributed by atoms with Crippen molar-refractivity contribution in [3.63, 3.8) is 0 Å². The van der Waals surface area contributed by atoms with Gasteiger partial charge < -0.3 is 10.6 Å². The Kier molecular flexibility index (Phi) is 5.44. The van der Waals surface area contributed by atoms with Crippen molar-refractivity contribution in [2.45, 2.75) is 71.9 Å². The van der Waals surface area contributed by atoms with E-state index < -0.39 is 0 Å². The Balaban J connectivity index is 2.21. The van der Waals surface area contributed by atoms with Crippen LogP contribution in [0.2, 0.25) is 0 Å². The molecule has 0 aromatic carbocycles. The molecular formula is C14H28N2O. The highest BCUT2D eigenvalue weighted by Gasteiger charge is 2.32. The Labute approximate surface area is 106 Å². The van der Waals surface area contributed by atoms with Gasteiger partial charge >= 0.3 is 0 Å². The maximum atomic E-state index is 11.9. The van der Waals surface area contributed by atoms with Crippen molar-refractivity contribution < 1.29 is 4.79 Å². The van der Waals surface area contributed by atoms with Gasteiger partial charge in [0, 0.05) is 12.6 Å². The quantitative estimate of drug-likeness (QED) is 0.717. The molecule has 17 heavy (non-hydrogen) atoms. The van der Waals surface area contributed by atoms with Gasteiger partial charge in [0.15, 0.2) is 0 Å². The minimum absolute atomic E-state index is 0.0771. The number of rotatable bonds is 7. The van der Waals surface area contributed by atoms with Crippen LogP contribution in [-0.2, 0) is 4.79 Å². The van der Waals surface area contributed by atoms with E-state index >= 15 is 0 Å². The third-order valence-electron chi connectivity index (χ3n) is 3.90. The molecule has 1 aliphatic carbocycles. The molecule has 0 aliphatic heterocycles. The second-order valence-electron chi connectivity index (χ2n) is 5.97. The number of nitrogens with one attached hydrogen (secondary N) is 2. The van der Waals surface area contributed by atoms with Crippen LogP contribution >= 0.6 is 0 Å². The molecule has 0 spiro atoms. The van der Waals surface area contributed by atoms with Gasteiger partial charge in [0.1, 0.15) is 0 Å². The summed E-state index contributed by atoms with van der Waals surface area (Å²) in [6.07, 6.45) is 6.09. The normalized spacial score (nSPS) is 21.4. The number of hydrogen-bond donors (Lipinski definition) is 2. The van der Waals surface area contributed by atoms with Crippen LogP contribution in [0, 0.1) is 5.41 Å². The summed E-state index contributed by atoms with van der Waals surface area (Å²) in [5, 5.41) is 6.41. The second kappa shape index (κ2) is 6.39. The van der Waals surface area contributed by atoms with Crippen molar-refractivity contribution in [2.24, 2.45) is 5.41 Å². The van der Waals surface area contributed by atoms with Crippen LogP contribution in [0.25, 0.3) is 0 Å². The van der Waals surface area contributed by atoms with Crippen LogP contribution in [-0.4, -0.2) is 24.5 Å². The standard InChI is InChI=1S/C14H28N2O/c1-5-7-11(2)16-13(17)12(3)15-10-14(4)8-6-9-14/h11-12,15H,5-10H2,1-4H3,(H,16,17). The van der Waals surface area contributed by atoms with Crippen LogP contribution in [0.4, 0.5) is 0 Å². The summed E-state index contributed by atoms with van der Waals surface area (Å²) in [6.45, 7) is 9.43. The van der Waals surface area contributed by atoms with Crippen molar-refractivity contribution in [2.75, 3.05) is 6.54 Å². The number of amides is 1. The van der Waals surface area contributed by atoms with E-state index in [1.807, 2.05) is 6.92 Å². The van der Waals surface area contributed by atoms with E-state index in [0.717, 1.165) is 19.4 Å². The van der Waals surface area contributed by atoms with Gasteiger partial charge in [-0.1, -0.05) is 26.7 Å². The van der Waals surface area contributed by atoms with Gasteiger partial charge in [0.05, 0.1) is 6.04 Å². The van der Waals surface area contributed by atoms with Gasteiger partial charge in [-0.05, 0) is 38.5 Å². The Bertz CT molecular complexity index is 249. The lowest BCUT2D eigenvalue weighted by atomic mass is 9.70. The SMILES string of the molecule is CCCC(C)NC(=O)C(C)NCC1(C)CCC1. The van der Waals surface area contributed by atoms with Crippen LogP contribution < -0.4 is 10.6 Å². The van der Waals surface area contributed by atoms with Crippen molar-refractivity contribution in [3.05, 3.63) is 0 Å². The first-order valence-corrected chi connectivity index (χ1v) is 7.00. The maximum Gasteiger partial charge on any atom is 0.237 e. The molecule has 0 aromatic heterocycles. The Hall–Kier alpha value is -0.570. The van der Waals surface area contributed by atoms with Crippen molar-refractivity contribution in [1.82, 2.24) is 10.6 Å². The fourth-order valence-electron chi connectivity index (χ4n) is 2.32. The minimum atomic E-state index is -0.0771. The molecular weight excluding hydrogens is 212 g/mol. The first-order valence-electron chi connectivity index (χ1n) is 7.00. The van der Waals surface area contributed by atoms with Crippen molar-refractivity contribution in [3.8, 4) is 0 Å². The van der Waals surface area contributed by atoms with Gasteiger partial charge in [-0.2, -0.15) is 0 Å². The summed E-state index contributed by atoms with van der Waals surface area (Å²) in [5.41, 5.74) is 0.434. The molecule has 2 atom stereocenters. The number of hydrogen-bond acceptors (Lipinski definition) is 2. The number of carbonyl (C=O) groups is 1. The van der Waals surface area contributed by atoms with E-state index in [4.69, 9.17) is 0 Å². The molecule has 3 heteroatoms. The Morgan fingerprint density at radius 2 is 2.00 bits per heavy atom. The third-order valence-corrected chi connectivity index (χ3v) is 3.90. The molecule has 0 aromatic rings. The molecule has 0 saturated heterocycles. The lowest BCUT2D eigenvalue weighted by Crippen LogP contribution is -2.49. The molecule has 0 radical (unpaired) electrons. The second-order valence-corrected chi connectivity index (χ2v) is 5.97. The first-order chi connectivity index (χ1) is 7.97. The molecule has 2 N–H and O–H groups in total. The predicted molar refractivity (Wildman–Crippen MR) is 71.9 cm³/mol. The van der Waals surface area contributed by atoms with Gasteiger partial charge in [0.25, 0.3) is 0 Å². The van der Waals surface area contributed by atoms with E-state index in [9.17, 15) is 4.79 Å². The van der Waals surface area contributed by atoms with E-state index in [1.54, 1.807) is 0 Å². The largest absolute Gasteiger partial charge is 0.352 e. The lowest BCUT2D eigenvalue weighted by Gasteiger charge is -2.39. The van der Waals surface area contributed by atoms with Gasteiger partial charge in [-0.15, -0.1) is 0 Å². The third kappa shape index (κ3) is 4.66. The zero-order valence-corrected chi connectivity index (χ0v) is 11.8. The van der Waals surface area contributed by atoms with E-state index in [-0.39, 0.29) is 18.0 Å². The first kappa shape index (κ1) is 14.5. The zero-order valence-electron chi connectivity index (χ0n) is 11.8. The molecule has 1 saturated carbocycles. The maximum absolute atomic E-state index is 11.9. The van der Waals surface area contributed by atoms with E-state index in [2.05, 4.69) is 31.4 Å². The summed E-state index contributed by atoms with van der Waals surface area (Å²) >= 11 is 0. The van der Waals surface area contributed by atoms with Crippen LogP contribution in [0.1, 0.15) is 59.8 Å². The zero-order chi connectivity index (χ0) is 12.9. The molecule has 0 bridgehead atoms. The van der Waals surface area contributed by atoms with Crippen molar-refractivity contribution in [1.29, 1.82) is 0 Å². The summed E-state index contributed by atoms with van der Waals surface area (Å²) in [5.74, 6) is 0.133. The molecule has 1 amide bonds. The molecule has 3 nitrogen and oxygen atoms in total. The summed E-state index contributed by atoms with van der Waals surface area (Å²) in [6, 6.07) is 0.211. The summed E-state index contributed by atoms with van der Waals surface area (Å²) in [4.78, 5) is 11.9. The Morgan fingerprint density at radius 1 is 1.35 bits per heavy atom. The topological polar surface area (TPSA) is 41.1 Å². The van der Waals surface area contributed by atoms with Gasteiger partial charge in [-0.3, -0.25) is 4.79 Å². The van der Waals surface area contributed by atoms with Gasteiger partial charge in [-0.25, -0.2) is 0 Å². The predicted octanol–water partition coefficient (Wildman–Crippen LogP) is 2.46. The molecule has 1 fully saturated rings. The van der Waals surface area contributed by atoms with Crippen LogP contribution in [0.15, 0.2) is 0 Å². The molecule has 1 aliphatic rings. The van der Waals surface area contributed by atoms with Crippen molar-refractivity contribution >= 4 is 5.91 Å². The summed E-state index contributed by atoms with van der Waals surface area (Å²) < 4.78 is 0. The number of carbonyl (C=O) groups excluding carboxylic acids is 1. The summed E-state index contributed by atoms with van der Waals surface area (Å²) in [7, 11) is 0. The Morgan fingerprint density at radius 3 is 2.47 bits per heavy atom. The van der Waals surface area contributed by atoms with E-state index in [1.165, 1.54) is 19.3 Å². The smallest absolute Gasteiger partial charge is 0.237 e. The van der Waals surface area contributed by atoms with Gasteiger partial charge in [0.2, 0.25) is 5.91 Å². The monoisotopic (exact) mass is 240 g/mol. The highest BCUT2D eigenvalue weighted by Crippen LogP contribution is 2.39. The molecule has 0 heterocycles. The highest BCUT2D eigenvalue weighted by atomic mass is 16.2. The fraction of sp³-hybridized carbons (Fsp3) is 0.929. The molecule has 2 unspecified atom stereocenters. The molecule has 1 rings (SSSR count).